The maximum atomic E-state index is 13.4. The Morgan fingerprint density at radius 2 is 2.05 bits per heavy atom. The molecule has 3 nitrogen and oxygen atoms in total. The van der Waals surface area contributed by atoms with Crippen molar-refractivity contribution in [2.45, 2.75) is 24.6 Å². The number of hydrogen-bond donors (Lipinski definition) is 2. The molecule has 0 bridgehead atoms. The Kier molecular flexibility index (Phi) is 9.54. The average Bonchev–Trinajstić information content (AvgIpc) is 3.00. The Bertz CT molecular complexity index is 500. The lowest BCUT2D eigenvalue weighted by Crippen LogP contribution is -2.43. The first-order valence-electron chi connectivity index (χ1n) is 7.23. The molecule has 2 rings (SSSR count). The van der Waals surface area contributed by atoms with Crippen molar-refractivity contribution >= 4 is 41.7 Å². The predicted octanol–water partition coefficient (Wildman–Crippen LogP) is 3.56. The fraction of sp³-hybridized carbons (Fsp3) is 0.438. The van der Waals surface area contributed by atoms with E-state index in [0.717, 1.165) is 36.7 Å². The molecule has 0 radical (unpaired) electrons. The zero-order valence-electron chi connectivity index (χ0n) is 12.7. The summed E-state index contributed by atoms with van der Waals surface area (Å²) in [6.07, 6.45) is 6.50. The van der Waals surface area contributed by atoms with Crippen molar-refractivity contribution in [3.8, 4) is 0 Å². The van der Waals surface area contributed by atoms with Crippen LogP contribution in [0.15, 0.2) is 41.4 Å². The monoisotopic (exact) mass is 435 g/mol. The molecule has 0 saturated heterocycles. The lowest BCUT2D eigenvalue weighted by molar-refractivity contribution is 0.617. The topological polar surface area (TPSA) is 36.4 Å². The number of aliphatic imine (C=N–C) groups is 1. The van der Waals surface area contributed by atoms with E-state index >= 15 is 0 Å². The minimum Gasteiger partial charge on any atom is -0.356 e. The maximum Gasteiger partial charge on any atom is 0.191 e. The minimum atomic E-state index is -0.121. The van der Waals surface area contributed by atoms with Crippen LogP contribution in [0.25, 0.3) is 0 Å². The number of guanidine groups is 1. The molecule has 0 aromatic heterocycles. The summed E-state index contributed by atoms with van der Waals surface area (Å²) in [7, 11) is 1.78. The number of rotatable bonds is 6. The van der Waals surface area contributed by atoms with Gasteiger partial charge in [-0.2, -0.15) is 11.8 Å². The Morgan fingerprint density at radius 1 is 1.32 bits per heavy atom. The molecule has 0 amide bonds. The van der Waals surface area contributed by atoms with Crippen molar-refractivity contribution in [3.63, 3.8) is 0 Å². The van der Waals surface area contributed by atoms with Gasteiger partial charge >= 0.3 is 0 Å². The van der Waals surface area contributed by atoms with E-state index in [1.54, 1.807) is 24.9 Å². The second-order valence-electron chi connectivity index (χ2n) is 4.93. The molecule has 0 fully saturated rings. The van der Waals surface area contributed by atoms with Crippen LogP contribution in [0.5, 0.6) is 0 Å². The van der Waals surface area contributed by atoms with Gasteiger partial charge in [0.1, 0.15) is 5.82 Å². The normalized spacial score (nSPS) is 14.7. The third-order valence-corrected chi connectivity index (χ3v) is 4.33. The molecule has 1 aromatic carbocycles. The molecule has 2 N–H and O–H groups in total. The van der Waals surface area contributed by atoms with E-state index in [2.05, 4.69) is 27.8 Å². The number of benzene rings is 1. The van der Waals surface area contributed by atoms with Crippen molar-refractivity contribution in [2.75, 3.05) is 19.3 Å². The summed E-state index contributed by atoms with van der Waals surface area (Å²) >= 11 is 1.72. The number of nitrogens with one attached hydrogen (secondary N) is 2. The largest absolute Gasteiger partial charge is 0.356 e. The standard InChI is InChI=1S/C16H22FN3S.HI/c1-18-16(20-14-7-3-4-8-14)19-10-11-21-12-13-6-2-5-9-15(13)17;/h2-6,9,14H,7-8,10-12H2,1H3,(H2,18,19,20);1H. The first kappa shape index (κ1) is 19.3. The molecule has 0 unspecified atom stereocenters. The molecule has 0 spiro atoms. The Morgan fingerprint density at radius 3 is 2.73 bits per heavy atom. The van der Waals surface area contributed by atoms with Gasteiger partial charge in [0.2, 0.25) is 0 Å². The Balaban J connectivity index is 0.00000242. The van der Waals surface area contributed by atoms with Crippen molar-refractivity contribution in [3.05, 3.63) is 47.8 Å². The number of thioether (sulfide) groups is 1. The number of nitrogens with zero attached hydrogens (tertiary/aromatic N) is 1. The summed E-state index contributed by atoms with van der Waals surface area (Å²) in [5.41, 5.74) is 0.766. The van der Waals surface area contributed by atoms with Crippen LogP contribution >= 0.6 is 35.7 Å². The van der Waals surface area contributed by atoms with Gasteiger partial charge in [0, 0.05) is 31.1 Å². The fourth-order valence-corrected chi connectivity index (χ4v) is 3.01. The first-order valence-corrected chi connectivity index (χ1v) is 8.38. The summed E-state index contributed by atoms with van der Waals surface area (Å²) in [5, 5.41) is 6.68. The van der Waals surface area contributed by atoms with Gasteiger partial charge in [-0.1, -0.05) is 30.4 Å². The van der Waals surface area contributed by atoms with Gasteiger partial charge in [-0.25, -0.2) is 4.39 Å². The predicted molar refractivity (Wildman–Crippen MR) is 105 cm³/mol. The van der Waals surface area contributed by atoms with Crippen molar-refractivity contribution in [2.24, 2.45) is 4.99 Å². The zero-order valence-corrected chi connectivity index (χ0v) is 15.9. The molecular weight excluding hydrogens is 412 g/mol. The zero-order chi connectivity index (χ0) is 14.9. The molecule has 22 heavy (non-hydrogen) atoms. The summed E-state index contributed by atoms with van der Waals surface area (Å²) < 4.78 is 13.4. The summed E-state index contributed by atoms with van der Waals surface area (Å²) in [6, 6.07) is 7.40. The molecule has 0 heterocycles. The number of halogens is 2. The van der Waals surface area contributed by atoms with Gasteiger partial charge < -0.3 is 10.6 Å². The van der Waals surface area contributed by atoms with Crippen LogP contribution in [0.2, 0.25) is 0 Å². The van der Waals surface area contributed by atoms with Gasteiger partial charge in [-0.05, 0) is 24.5 Å². The number of hydrogen-bond acceptors (Lipinski definition) is 2. The van der Waals surface area contributed by atoms with E-state index in [9.17, 15) is 4.39 Å². The van der Waals surface area contributed by atoms with Crippen LogP contribution in [0, 0.1) is 5.82 Å². The highest BCUT2D eigenvalue weighted by Gasteiger charge is 2.11. The molecule has 1 aromatic rings. The van der Waals surface area contributed by atoms with E-state index in [0.29, 0.717) is 11.8 Å². The Labute approximate surface area is 153 Å². The quantitative estimate of drug-likeness (QED) is 0.236. The molecular formula is C16H23FIN3S. The lowest BCUT2D eigenvalue weighted by Gasteiger charge is -2.16. The van der Waals surface area contributed by atoms with Crippen LogP contribution in [0.1, 0.15) is 18.4 Å². The maximum absolute atomic E-state index is 13.4. The van der Waals surface area contributed by atoms with E-state index in [-0.39, 0.29) is 29.8 Å². The summed E-state index contributed by atoms with van der Waals surface area (Å²) in [6.45, 7) is 0.818. The average molecular weight is 435 g/mol. The highest BCUT2D eigenvalue weighted by atomic mass is 127. The third-order valence-electron chi connectivity index (χ3n) is 3.33. The first-order chi connectivity index (χ1) is 10.3. The van der Waals surface area contributed by atoms with Crippen LogP contribution in [0.3, 0.4) is 0 Å². The highest BCUT2D eigenvalue weighted by molar-refractivity contribution is 14.0. The van der Waals surface area contributed by atoms with Gasteiger partial charge in [-0.3, -0.25) is 4.99 Å². The van der Waals surface area contributed by atoms with E-state index < -0.39 is 0 Å². The smallest absolute Gasteiger partial charge is 0.191 e. The second kappa shape index (κ2) is 10.9. The van der Waals surface area contributed by atoms with Crippen LogP contribution in [-0.2, 0) is 5.75 Å². The molecule has 6 heteroatoms. The van der Waals surface area contributed by atoms with Gasteiger partial charge in [-0.15, -0.1) is 24.0 Å². The fourth-order valence-electron chi connectivity index (χ4n) is 2.16. The lowest BCUT2D eigenvalue weighted by atomic mass is 10.2. The van der Waals surface area contributed by atoms with E-state index in [1.165, 1.54) is 6.07 Å². The molecule has 1 aliphatic carbocycles. The van der Waals surface area contributed by atoms with E-state index in [4.69, 9.17) is 0 Å². The van der Waals surface area contributed by atoms with Crippen molar-refractivity contribution < 1.29 is 4.39 Å². The third kappa shape index (κ3) is 6.56. The highest BCUT2D eigenvalue weighted by Crippen LogP contribution is 2.14. The SMILES string of the molecule is CN=C(NCCSCc1ccccc1F)NC1CC=CC1.I. The summed E-state index contributed by atoms with van der Waals surface area (Å²) in [4.78, 5) is 4.22. The molecule has 1 aliphatic rings. The van der Waals surface area contributed by atoms with Crippen molar-refractivity contribution in [1.29, 1.82) is 0 Å². The molecule has 0 aliphatic heterocycles. The molecule has 0 atom stereocenters. The molecule has 0 saturated carbocycles. The second-order valence-corrected chi connectivity index (χ2v) is 6.03. The van der Waals surface area contributed by atoms with Gasteiger partial charge in [0.25, 0.3) is 0 Å². The van der Waals surface area contributed by atoms with Crippen LogP contribution in [0.4, 0.5) is 4.39 Å². The van der Waals surface area contributed by atoms with E-state index in [1.807, 2.05) is 12.1 Å². The van der Waals surface area contributed by atoms with Gasteiger partial charge in [0.15, 0.2) is 5.96 Å². The van der Waals surface area contributed by atoms with Gasteiger partial charge in [0.05, 0.1) is 0 Å². The molecule has 122 valence electrons. The van der Waals surface area contributed by atoms with Crippen LogP contribution in [-0.4, -0.2) is 31.3 Å². The Hall–Kier alpha value is -0.760. The summed E-state index contributed by atoms with van der Waals surface area (Å²) in [5.74, 6) is 2.34. The minimum absolute atomic E-state index is 0. The van der Waals surface area contributed by atoms with Crippen molar-refractivity contribution in [1.82, 2.24) is 10.6 Å². The van der Waals surface area contributed by atoms with Crippen LogP contribution < -0.4 is 10.6 Å².